The second kappa shape index (κ2) is 6.98. The maximum absolute atomic E-state index is 3.52. The molecular weight excluding hydrogens is 230 g/mol. The molecule has 1 atom stereocenters. The summed E-state index contributed by atoms with van der Waals surface area (Å²) in [6.07, 6.45) is 2.25. The van der Waals surface area contributed by atoms with Gasteiger partial charge in [-0.1, -0.05) is 56.3 Å². The lowest BCUT2D eigenvalue weighted by atomic mass is 9.98. The summed E-state index contributed by atoms with van der Waals surface area (Å²) in [6.45, 7) is 5.50. The van der Waals surface area contributed by atoms with Crippen LogP contribution in [0, 0.1) is 0 Å². The molecule has 1 unspecified atom stereocenters. The molecule has 0 aliphatic rings. The van der Waals surface area contributed by atoms with Crippen LogP contribution in [0.25, 0.3) is 0 Å². The van der Waals surface area contributed by atoms with Crippen LogP contribution >= 0.6 is 0 Å². The Bertz CT molecular complexity index is 490. The van der Waals surface area contributed by atoms with Gasteiger partial charge in [0.05, 0.1) is 0 Å². The highest BCUT2D eigenvalue weighted by Crippen LogP contribution is 2.19. The molecule has 19 heavy (non-hydrogen) atoms. The quantitative estimate of drug-likeness (QED) is 0.775. The van der Waals surface area contributed by atoms with E-state index in [4.69, 9.17) is 0 Å². The first kappa shape index (κ1) is 13.7. The Morgan fingerprint density at radius 1 is 1.00 bits per heavy atom. The van der Waals surface area contributed by atoms with Gasteiger partial charge in [-0.15, -0.1) is 0 Å². The first-order chi connectivity index (χ1) is 9.29. The predicted molar refractivity (Wildman–Crippen MR) is 83.8 cm³/mol. The Kier molecular flexibility index (Phi) is 5.02. The third-order valence-corrected chi connectivity index (χ3v) is 3.61. The van der Waals surface area contributed by atoms with E-state index in [0.29, 0.717) is 5.92 Å². The fourth-order valence-electron chi connectivity index (χ4n) is 2.28. The zero-order valence-corrected chi connectivity index (χ0v) is 11.9. The molecule has 1 nitrogen and oxygen atoms in total. The molecule has 0 saturated carbocycles. The lowest BCUT2D eigenvalue weighted by molar-refractivity contribution is 0.706. The predicted octanol–water partition coefficient (Wildman–Crippen LogP) is 4.85. The van der Waals surface area contributed by atoms with Crippen molar-refractivity contribution < 1.29 is 0 Å². The van der Waals surface area contributed by atoms with E-state index >= 15 is 0 Å². The normalized spacial score (nSPS) is 12.1. The molecule has 0 bridgehead atoms. The minimum Gasteiger partial charge on any atom is -0.385 e. The molecule has 1 N–H and O–H groups in total. The van der Waals surface area contributed by atoms with Gasteiger partial charge < -0.3 is 5.32 Å². The molecule has 100 valence electrons. The highest BCUT2D eigenvalue weighted by molar-refractivity contribution is 5.45. The topological polar surface area (TPSA) is 12.0 Å². The summed E-state index contributed by atoms with van der Waals surface area (Å²) in [7, 11) is 0. The number of aryl methyl sites for hydroxylation is 1. The maximum Gasteiger partial charge on any atom is 0.0342 e. The third kappa shape index (κ3) is 4.13. The fourth-order valence-corrected chi connectivity index (χ4v) is 2.28. The van der Waals surface area contributed by atoms with Gasteiger partial charge in [0.25, 0.3) is 0 Å². The summed E-state index contributed by atoms with van der Waals surface area (Å²) >= 11 is 0. The number of anilines is 1. The minimum atomic E-state index is 0.600. The van der Waals surface area contributed by atoms with Crippen molar-refractivity contribution in [2.75, 3.05) is 11.9 Å². The van der Waals surface area contributed by atoms with Crippen LogP contribution in [-0.2, 0) is 6.42 Å². The molecule has 2 aromatic rings. The van der Waals surface area contributed by atoms with Gasteiger partial charge in [0.2, 0.25) is 0 Å². The highest BCUT2D eigenvalue weighted by atomic mass is 14.9. The Morgan fingerprint density at radius 2 is 1.79 bits per heavy atom. The lowest BCUT2D eigenvalue weighted by Crippen LogP contribution is -2.06. The van der Waals surface area contributed by atoms with Crippen LogP contribution in [0.3, 0.4) is 0 Å². The van der Waals surface area contributed by atoms with Crippen molar-refractivity contribution in [1.82, 2.24) is 0 Å². The highest BCUT2D eigenvalue weighted by Gasteiger charge is 2.04. The van der Waals surface area contributed by atoms with E-state index in [-0.39, 0.29) is 0 Å². The molecule has 0 aliphatic heterocycles. The Hall–Kier alpha value is -1.76. The average molecular weight is 253 g/mol. The molecule has 0 spiro atoms. The summed E-state index contributed by atoms with van der Waals surface area (Å²) in [5, 5.41) is 3.52. The van der Waals surface area contributed by atoms with Gasteiger partial charge >= 0.3 is 0 Å². The van der Waals surface area contributed by atoms with Crippen molar-refractivity contribution in [3.8, 4) is 0 Å². The number of benzene rings is 2. The van der Waals surface area contributed by atoms with E-state index in [2.05, 4.69) is 73.8 Å². The van der Waals surface area contributed by atoms with E-state index < -0.39 is 0 Å². The number of nitrogens with one attached hydrogen (secondary N) is 1. The molecule has 0 heterocycles. The van der Waals surface area contributed by atoms with Crippen molar-refractivity contribution >= 4 is 5.69 Å². The van der Waals surface area contributed by atoms with Gasteiger partial charge in [0, 0.05) is 12.2 Å². The largest absolute Gasteiger partial charge is 0.385 e. The maximum atomic E-state index is 3.52. The van der Waals surface area contributed by atoms with Gasteiger partial charge in [-0.3, -0.25) is 0 Å². The van der Waals surface area contributed by atoms with Crippen LogP contribution in [0.15, 0.2) is 54.6 Å². The number of rotatable bonds is 6. The van der Waals surface area contributed by atoms with Crippen LogP contribution in [-0.4, -0.2) is 6.54 Å². The van der Waals surface area contributed by atoms with Crippen molar-refractivity contribution in [3.63, 3.8) is 0 Å². The van der Waals surface area contributed by atoms with Crippen molar-refractivity contribution in [2.24, 2.45) is 0 Å². The zero-order chi connectivity index (χ0) is 13.5. The van der Waals surface area contributed by atoms with Crippen LogP contribution in [0.5, 0.6) is 0 Å². The second-order valence-electron chi connectivity index (χ2n) is 5.08. The van der Waals surface area contributed by atoms with Crippen molar-refractivity contribution in [1.29, 1.82) is 0 Å². The first-order valence-corrected chi connectivity index (χ1v) is 7.17. The van der Waals surface area contributed by atoms with Gasteiger partial charge in [-0.05, 0) is 42.0 Å². The van der Waals surface area contributed by atoms with E-state index in [9.17, 15) is 0 Å². The van der Waals surface area contributed by atoms with Crippen LogP contribution in [0.4, 0.5) is 5.69 Å². The first-order valence-electron chi connectivity index (χ1n) is 7.17. The van der Waals surface area contributed by atoms with Crippen molar-refractivity contribution in [3.05, 3.63) is 65.7 Å². The summed E-state index contributed by atoms with van der Waals surface area (Å²) in [5.41, 5.74) is 4.05. The van der Waals surface area contributed by atoms with Crippen LogP contribution < -0.4 is 5.32 Å². The SMILES string of the molecule is CCc1cccc(NCCC(C)c2ccccc2)c1. The van der Waals surface area contributed by atoms with Crippen molar-refractivity contribution in [2.45, 2.75) is 32.6 Å². The summed E-state index contributed by atoms with van der Waals surface area (Å²) in [4.78, 5) is 0. The fraction of sp³-hybridized carbons (Fsp3) is 0.333. The smallest absolute Gasteiger partial charge is 0.0342 e. The molecule has 0 saturated heterocycles. The van der Waals surface area contributed by atoms with Crippen LogP contribution in [0.2, 0.25) is 0 Å². The monoisotopic (exact) mass is 253 g/mol. The molecule has 0 radical (unpaired) electrons. The lowest BCUT2D eigenvalue weighted by Gasteiger charge is -2.13. The Balaban J connectivity index is 1.83. The molecular formula is C18H23N. The van der Waals surface area contributed by atoms with Gasteiger partial charge in [0.1, 0.15) is 0 Å². The average Bonchev–Trinajstić information content (AvgIpc) is 2.48. The summed E-state index contributed by atoms with van der Waals surface area (Å²) < 4.78 is 0. The molecule has 0 aliphatic carbocycles. The standard InChI is InChI=1S/C18H23N/c1-3-16-8-7-11-18(14-16)19-13-12-15(2)17-9-5-4-6-10-17/h4-11,14-15,19H,3,12-13H2,1-2H3. The van der Waals surface area contributed by atoms with E-state index in [1.54, 1.807) is 0 Å². The molecule has 1 heteroatoms. The minimum absolute atomic E-state index is 0.600. The second-order valence-corrected chi connectivity index (χ2v) is 5.08. The Morgan fingerprint density at radius 3 is 2.53 bits per heavy atom. The van der Waals surface area contributed by atoms with Gasteiger partial charge in [-0.25, -0.2) is 0 Å². The van der Waals surface area contributed by atoms with Gasteiger partial charge in [-0.2, -0.15) is 0 Å². The molecule has 2 aromatic carbocycles. The third-order valence-electron chi connectivity index (χ3n) is 3.61. The summed E-state index contributed by atoms with van der Waals surface area (Å²) in [6, 6.07) is 19.4. The van der Waals surface area contributed by atoms with Crippen LogP contribution in [0.1, 0.15) is 37.3 Å². The molecule has 2 rings (SSSR count). The summed E-state index contributed by atoms with van der Waals surface area (Å²) in [5.74, 6) is 0.600. The van der Waals surface area contributed by atoms with E-state index in [1.807, 2.05) is 0 Å². The zero-order valence-electron chi connectivity index (χ0n) is 11.9. The van der Waals surface area contributed by atoms with E-state index in [1.165, 1.54) is 16.8 Å². The molecule has 0 amide bonds. The number of hydrogen-bond donors (Lipinski definition) is 1. The van der Waals surface area contributed by atoms with E-state index in [0.717, 1.165) is 19.4 Å². The number of hydrogen-bond acceptors (Lipinski definition) is 1. The Labute approximate surface area is 116 Å². The molecule has 0 aromatic heterocycles. The van der Waals surface area contributed by atoms with Gasteiger partial charge in [0.15, 0.2) is 0 Å². The molecule has 0 fully saturated rings.